The van der Waals surface area contributed by atoms with Gasteiger partial charge in [-0.15, -0.1) is 0 Å². The first-order valence-electron chi connectivity index (χ1n) is 7.27. The van der Waals surface area contributed by atoms with Crippen molar-refractivity contribution in [2.75, 3.05) is 0 Å². The number of carbonyl (C=O) groups excluding carboxylic acids is 2. The van der Waals surface area contributed by atoms with E-state index in [-0.39, 0.29) is 0 Å². The van der Waals surface area contributed by atoms with Crippen LogP contribution in [-0.4, -0.2) is 12.2 Å². The van der Waals surface area contributed by atoms with Gasteiger partial charge in [0.2, 0.25) is 12.2 Å². The molecule has 24 heavy (non-hydrogen) atoms. The van der Waals surface area contributed by atoms with Crippen molar-refractivity contribution < 1.29 is 9.59 Å². The fourth-order valence-electron chi connectivity index (χ4n) is 2.53. The zero-order chi connectivity index (χ0) is 16.8. The van der Waals surface area contributed by atoms with Crippen LogP contribution < -0.4 is 0 Å². The minimum atomic E-state index is 0.551. The maximum absolute atomic E-state index is 10.5. The molecule has 0 aromatic heterocycles. The highest BCUT2D eigenvalue weighted by atomic mass is 16.1. The Balaban J connectivity index is 2.16. The van der Waals surface area contributed by atoms with Gasteiger partial charge in [0.25, 0.3) is 0 Å². The molecule has 0 saturated heterocycles. The second-order valence-electron chi connectivity index (χ2n) is 5.05. The number of aliphatic imine (C=N–C) groups is 2. The predicted molar refractivity (Wildman–Crippen MR) is 92.9 cm³/mol. The first kappa shape index (κ1) is 15.3. The van der Waals surface area contributed by atoms with E-state index in [2.05, 4.69) is 9.98 Å². The molecule has 0 saturated carbocycles. The van der Waals surface area contributed by atoms with E-state index >= 15 is 0 Å². The van der Waals surface area contributed by atoms with Gasteiger partial charge in [0, 0.05) is 0 Å². The summed E-state index contributed by atoms with van der Waals surface area (Å²) in [6.07, 6.45) is 3.10. The third-order valence-corrected chi connectivity index (χ3v) is 3.62. The molecular weight excluding hydrogens is 300 g/mol. The molecule has 0 bridgehead atoms. The average Bonchev–Trinajstić information content (AvgIpc) is 2.64. The van der Waals surface area contributed by atoms with Gasteiger partial charge in [-0.1, -0.05) is 48.5 Å². The van der Waals surface area contributed by atoms with Gasteiger partial charge in [-0.25, -0.2) is 9.59 Å². The number of benzene rings is 3. The second kappa shape index (κ2) is 7.12. The molecule has 0 heterocycles. The molecule has 3 aromatic rings. The molecule has 4 heteroatoms. The van der Waals surface area contributed by atoms with E-state index in [4.69, 9.17) is 0 Å². The molecule has 0 aliphatic rings. The highest BCUT2D eigenvalue weighted by molar-refractivity contribution is 5.86. The van der Waals surface area contributed by atoms with Crippen molar-refractivity contribution in [1.82, 2.24) is 0 Å². The van der Waals surface area contributed by atoms with E-state index in [1.165, 1.54) is 6.08 Å². The molecule has 0 atom stereocenters. The van der Waals surface area contributed by atoms with E-state index in [0.29, 0.717) is 11.4 Å². The summed E-state index contributed by atoms with van der Waals surface area (Å²) < 4.78 is 0. The Bertz CT molecular complexity index is 951. The molecule has 0 N–H and O–H groups in total. The van der Waals surface area contributed by atoms with Gasteiger partial charge in [0.15, 0.2) is 0 Å². The van der Waals surface area contributed by atoms with Crippen molar-refractivity contribution in [3.63, 3.8) is 0 Å². The van der Waals surface area contributed by atoms with Gasteiger partial charge in [-0.3, -0.25) is 0 Å². The lowest BCUT2D eigenvalue weighted by atomic mass is 9.94. The van der Waals surface area contributed by atoms with Gasteiger partial charge >= 0.3 is 0 Å². The Hall–Kier alpha value is -3.58. The molecule has 0 radical (unpaired) electrons. The van der Waals surface area contributed by atoms with Crippen molar-refractivity contribution in [2.24, 2.45) is 9.98 Å². The summed E-state index contributed by atoms with van der Waals surface area (Å²) in [5, 5.41) is 0. The topological polar surface area (TPSA) is 58.9 Å². The molecule has 3 aromatic carbocycles. The van der Waals surface area contributed by atoms with Gasteiger partial charge < -0.3 is 0 Å². The number of isocyanates is 2. The van der Waals surface area contributed by atoms with E-state index in [9.17, 15) is 9.59 Å². The third kappa shape index (κ3) is 3.26. The van der Waals surface area contributed by atoms with E-state index in [0.717, 1.165) is 22.3 Å². The van der Waals surface area contributed by atoms with Crippen LogP contribution in [0.5, 0.6) is 0 Å². The normalized spacial score (nSPS) is 9.67. The molecular formula is C20H12N2O2. The molecule has 0 spiro atoms. The van der Waals surface area contributed by atoms with Crippen LogP contribution in [0.4, 0.5) is 11.4 Å². The molecule has 0 aliphatic carbocycles. The monoisotopic (exact) mass is 312 g/mol. The fraction of sp³-hybridized carbons (Fsp3) is 0. The highest BCUT2D eigenvalue weighted by Crippen LogP contribution is 2.35. The van der Waals surface area contributed by atoms with Gasteiger partial charge in [-0.05, 0) is 46.5 Å². The maximum atomic E-state index is 10.5. The lowest BCUT2D eigenvalue weighted by molar-refractivity contribution is 0.564. The first-order valence-corrected chi connectivity index (χ1v) is 7.27. The van der Waals surface area contributed by atoms with E-state index in [1.54, 1.807) is 24.3 Å². The summed E-state index contributed by atoms with van der Waals surface area (Å²) in [4.78, 5) is 28.2. The molecule has 0 unspecified atom stereocenters. The van der Waals surface area contributed by atoms with E-state index in [1.807, 2.05) is 54.6 Å². The minimum absolute atomic E-state index is 0.551. The third-order valence-electron chi connectivity index (χ3n) is 3.62. The summed E-state index contributed by atoms with van der Waals surface area (Å²) >= 11 is 0. The van der Waals surface area contributed by atoms with Gasteiger partial charge in [0.05, 0.1) is 11.4 Å². The zero-order valence-corrected chi connectivity index (χ0v) is 12.6. The molecule has 0 aliphatic heterocycles. The van der Waals surface area contributed by atoms with Crippen molar-refractivity contribution >= 4 is 23.5 Å². The summed E-state index contributed by atoms with van der Waals surface area (Å²) in [7, 11) is 0. The smallest absolute Gasteiger partial charge is 0.211 e. The molecule has 3 rings (SSSR count). The Morgan fingerprint density at radius 1 is 0.583 bits per heavy atom. The summed E-state index contributed by atoms with van der Waals surface area (Å²) in [6, 6.07) is 22.7. The Labute approximate surface area is 138 Å². The van der Waals surface area contributed by atoms with Crippen LogP contribution in [-0.2, 0) is 9.59 Å². The molecule has 4 nitrogen and oxygen atoms in total. The zero-order valence-electron chi connectivity index (χ0n) is 12.6. The van der Waals surface area contributed by atoms with Crippen LogP contribution in [0, 0.1) is 0 Å². The Morgan fingerprint density at radius 2 is 1.17 bits per heavy atom. The van der Waals surface area contributed by atoms with Crippen LogP contribution in [0.2, 0.25) is 0 Å². The van der Waals surface area contributed by atoms with Crippen LogP contribution >= 0.6 is 0 Å². The lowest BCUT2D eigenvalue weighted by Crippen LogP contribution is -1.85. The predicted octanol–water partition coefficient (Wildman–Crippen LogP) is 4.96. The molecule has 114 valence electrons. The Morgan fingerprint density at radius 3 is 1.83 bits per heavy atom. The highest BCUT2D eigenvalue weighted by Gasteiger charge is 2.09. The van der Waals surface area contributed by atoms with Crippen molar-refractivity contribution in [2.45, 2.75) is 0 Å². The number of hydrogen-bond donors (Lipinski definition) is 0. The average molecular weight is 312 g/mol. The Kier molecular flexibility index (Phi) is 4.55. The van der Waals surface area contributed by atoms with Crippen molar-refractivity contribution in [3.05, 3.63) is 72.8 Å². The second-order valence-corrected chi connectivity index (χ2v) is 5.05. The first-order chi connectivity index (χ1) is 11.8. The van der Waals surface area contributed by atoms with Crippen LogP contribution in [0.15, 0.2) is 82.8 Å². The summed E-state index contributed by atoms with van der Waals surface area (Å²) in [6.45, 7) is 0. The van der Waals surface area contributed by atoms with Crippen LogP contribution in [0.1, 0.15) is 0 Å². The number of nitrogens with zero attached hydrogens (tertiary/aromatic N) is 2. The quantitative estimate of drug-likeness (QED) is 0.505. The van der Waals surface area contributed by atoms with E-state index < -0.39 is 0 Å². The van der Waals surface area contributed by atoms with Crippen LogP contribution in [0.3, 0.4) is 0 Å². The summed E-state index contributed by atoms with van der Waals surface area (Å²) in [5.74, 6) is 0. The van der Waals surface area contributed by atoms with Gasteiger partial charge in [-0.2, -0.15) is 9.98 Å². The molecule has 0 fully saturated rings. The molecule has 0 amide bonds. The number of rotatable bonds is 4. The number of hydrogen-bond acceptors (Lipinski definition) is 4. The minimum Gasteiger partial charge on any atom is -0.211 e. The summed E-state index contributed by atoms with van der Waals surface area (Å²) in [5.41, 5.74) is 5.05. The fourth-order valence-corrected chi connectivity index (χ4v) is 2.53. The SMILES string of the molecule is O=C=Nc1ccc(-c2ccc(N=C=O)cc2-c2ccccc2)cc1. The van der Waals surface area contributed by atoms with Crippen molar-refractivity contribution in [1.29, 1.82) is 0 Å². The lowest BCUT2D eigenvalue weighted by Gasteiger charge is -2.11. The maximum Gasteiger partial charge on any atom is 0.240 e. The standard InChI is InChI=1S/C20H12N2O2/c23-13-21-17-8-6-16(7-9-17)19-11-10-18(22-14-24)12-20(19)15-4-2-1-3-5-15/h1-12H. The van der Waals surface area contributed by atoms with Crippen molar-refractivity contribution in [3.8, 4) is 22.3 Å². The van der Waals surface area contributed by atoms with Crippen LogP contribution in [0.25, 0.3) is 22.3 Å². The van der Waals surface area contributed by atoms with Gasteiger partial charge in [0.1, 0.15) is 0 Å². The largest absolute Gasteiger partial charge is 0.240 e.